The summed E-state index contributed by atoms with van der Waals surface area (Å²) in [7, 11) is 0. The number of carbonyl (C=O) groups is 1. The molecule has 29 heavy (non-hydrogen) atoms. The van der Waals surface area contributed by atoms with Crippen LogP contribution in [0.1, 0.15) is 16.7 Å². The number of rotatable bonds is 4. The van der Waals surface area contributed by atoms with Crippen LogP contribution in [0.3, 0.4) is 0 Å². The Morgan fingerprint density at radius 3 is 2.31 bits per heavy atom. The molecule has 1 aliphatic heterocycles. The van der Waals surface area contributed by atoms with Gasteiger partial charge in [-0.1, -0.05) is 48.0 Å². The molecule has 1 amide bonds. The molecule has 0 spiro atoms. The second-order valence-electron chi connectivity index (χ2n) is 6.77. The maximum Gasteiger partial charge on any atom is 0.471 e. The topological polar surface area (TPSA) is 32.3 Å². The summed E-state index contributed by atoms with van der Waals surface area (Å²) in [5.41, 5.74) is 1.34. The Labute approximate surface area is 169 Å². The van der Waals surface area contributed by atoms with E-state index < -0.39 is 24.6 Å². The predicted molar refractivity (Wildman–Crippen MR) is 100 cm³/mol. The van der Waals surface area contributed by atoms with Crippen LogP contribution >= 0.6 is 11.6 Å². The van der Waals surface area contributed by atoms with Gasteiger partial charge in [0.2, 0.25) is 0 Å². The predicted octanol–water partition coefficient (Wildman–Crippen LogP) is 5.03. The molecule has 0 bridgehead atoms. The van der Waals surface area contributed by atoms with Crippen LogP contribution in [0.15, 0.2) is 42.5 Å². The monoisotopic (exact) mass is 432 g/mol. The fourth-order valence-corrected chi connectivity index (χ4v) is 3.60. The first-order valence-corrected chi connectivity index (χ1v) is 9.31. The van der Waals surface area contributed by atoms with E-state index in [4.69, 9.17) is 11.6 Å². The molecule has 0 aliphatic carbocycles. The third-order valence-electron chi connectivity index (χ3n) is 4.85. The molecule has 0 radical (unpaired) electrons. The van der Waals surface area contributed by atoms with Gasteiger partial charge < -0.3 is 10.2 Å². The van der Waals surface area contributed by atoms with E-state index in [0.717, 1.165) is 4.90 Å². The molecule has 156 valence electrons. The second kappa shape index (κ2) is 8.18. The number of nitrogens with zero attached hydrogens (tertiary/aromatic N) is 1. The molecule has 1 N–H and O–H groups in total. The number of fused-ring (bicyclic) bond motifs is 1. The van der Waals surface area contributed by atoms with Crippen LogP contribution in [-0.2, 0) is 23.6 Å². The molecule has 0 saturated heterocycles. The lowest BCUT2D eigenvalue weighted by Gasteiger charge is -2.22. The van der Waals surface area contributed by atoms with Crippen molar-refractivity contribution < 1.29 is 26.7 Å². The van der Waals surface area contributed by atoms with Crippen molar-refractivity contribution in [3.63, 3.8) is 0 Å². The Bertz CT molecular complexity index is 886. The summed E-state index contributed by atoms with van der Waals surface area (Å²) in [6.45, 7) is -1.000. The van der Waals surface area contributed by atoms with Crippen LogP contribution in [0.25, 0.3) is 0 Å². The first kappa shape index (κ1) is 21.4. The molecule has 9 heteroatoms. The fraction of sp³-hybridized carbons (Fsp3) is 0.350. The van der Waals surface area contributed by atoms with Gasteiger partial charge in [-0.3, -0.25) is 4.79 Å². The highest BCUT2D eigenvalue weighted by Gasteiger charge is 2.42. The van der Waals surface area contributed by atoms with Gasteiger partial charge in [0.05, 0.1) is 17.3 Å². The molecule has 0 atom stereocenters. The van der Waals surface area contributed by atoms with Gasteiger partial charge in [-0.05, 0) is 30.0 Å². The second-order valence-corrected chi connectivity index (χ2v) is 7.18. The third-order valence-corrected chi connectivity index (χ3v) is 5.17. The highest BCUT2D eigenvalue weighted by molar-refractivity contribution is 6.33. The van der Waals surface area contributed by atoms with Crippen LogP contribution in [0, 0.1) is 0 Å². The molecule has 1 aliphatic rings. The summed E-state index contributed by atoms with van der Waals surface area (Å²) in [5, 5.41) is 2.87. The quantitative estimate of drug-likeness (QED) is 0.687. The van der Waals surface area contributed by atoms with Crippen LogP contribution in [0.4, 0.5) is 27.6 Å². The number of anilines is 1. The molecule has 0 unspecified atom stereocenters. The van der Waals surface area contributed by atoms with Crippen LogP contribution in [0.2, 0.25) is 5.02 Å². The Morgan fingerprint density at radius 2 is 1.66 bits per heavy atom. The van der Waals surface area contributed by atoms with E-state index in [0.29, 0.717) is 11.1 Å². The third kappa shape index (κ3) is 4.80. The van der Waals surface area contributed by atoms with Crippen molar-refractivity contribution in [1.29, 1.82) is 0 Å². The van der Waals surface area contributed by atoms with E-state index in [1.54, 1.807) is 12.1 Å². The average molecular weight is 433 g/mol. The molecule has 2 aromatic rings. The summed E-state index contributed by atoms with van der Waals surface area (Å²) in [6, 6.07) is 10.5. The minimum absolute atomic E-state index is 0.0803. The van der Waals surface area contributed by atoms with E-state index in [1.807, 2.05) is 0 Å². The number of nitrogens with one attached hydrogen (secondary N) is 1. The Kier molecular flexibility index (Phi) is 6.03. The lowest BCUT2D eigenvalue weighted by molar-refractivity contribution is -0.185. The van der Waals surface area contributed by atoms with Gasteiger partial charge in [0.25, 0.3) is 5.92 Å². The van der Waals surface area contributed by atoms with Crippen molar-refractivity contribution >= 4 is 23.2 Å². The first-order valence-electron chi connectivity index (χ1n) is 8.93. The zero-order chi connectivity index (χ0) is 21.2. The number of hydrogen-bond donors (Lipinski definition) is 1. The number of amides is 1. The smallest absolute Gasteiger partial charge is 0.377 e. The highest BCUT2D eigenvalue weighted by atomic mass is 35.5. The Morgan fingerprint density at radius 1 is 1.00 bits per heavy atom. The minimum Gasteiger partial charge on any atom is -0.377 e. The number of hydrogen-bond acceptors (Lipinski definition) is 2. The minimum atomic E-state index is -4.95. The zero-order valence-electron chi connectivity index (χ0n) is 15.2. The van der Waals surface area contributed by atoms with E-state index in [2.05, 4.69) is 5.32 Å². The molecule has 0 saturated carbocycles. The standard InChI is InChI=1S/C20H18ClF5N2O/c21-16-7-6-13-8-10-28(18(29)20(24,25)26)11-9-15(13)17(16)27-12-19(22,23)14-4-2-1-3-5-14/h1-7,27H,8-12H2. The number of halogens is 6. The van der Waals surface area contributed by atoms with Crippen molar-refractivity contribution in [3.8, 4) is 0 Å². The summed E-state index contributed by atoms with van der Waals surface area (Å²) in [4.78, 5) is 12.3. The van der Waals surface area contributed by atoms with Crippen molar-refractivity contribution in [2.24, 2.45) is 0 Å². The lowest BCUT2D eigenvalue weighted by Crippen LogP contribution is -2.42. The molecule has 0 aromatic heterocycles. The fourth-order valence-electron chi connectivity index (χ4n) is 3.35. The van der Waals surface area contributed by atoms with Crippen LogP contribution in [0.5, 0.6) is 0 Å². The maximum atomic E-state index is 14.5. The van der Waals surface area contributed by atoms with Crippen LogP contribution in [-0.4, -0.2) is 36.6 Å². The zero-order valence-corrected chi connectivity index (χ0v) is 16.0. The van der Waals surface area contributed by atoms with Crippen molar-refractivity contribution in [1.82, 2.24) is 4.90 Å². The maximum absolute atomic E-state index is 14.5. The Balaban J connectivity index is 1.80. The van der Waals surface area contributed by atoms with Gasteiger partial charge >= 0.3 is 12.1 Å². The largest absolute Gasteiger partial charge is 0.471 e. The van der Waals surface area contributed by atoms with Gasteiger partial charge in [0, 0.05) is 18.7 Å². The molecular weight excluding hydrogens is 415 g/mol. The highest BCUT2D eigenvalue weighted by Crippen LogP contribution is 2.35. The normalized spacial score (nSPS) is 14.9. The van der Waals surface area contributed by atoms with Gasteiger partial charge in [-0.15, -0.1) is 0 Å². The van der Waals surface area contributed by atoms with E-state index in [-0.39, 0.29) is 42.2 Å². The summed E-state index contributed by atoms with van der Waals surface area (Å²) < 4.78 is 67.2. The van der Waals surface area contributed by atoms with E-state index in [9.17, 15) is 26.7 Å². The summed E-state index contributed by atoms with van der Waals surface area (Å²) in [6.07, 6.45) is -4.69. The van der Waals surface area contributed by atoms with Gasteiger partial charge in [-0.25, -0.2) is 0 Å². The van der Waals surface area contributed by atoms with E-state index in [1.165, 1.54) is 30.3 Å². The molecular formula is C20H18ClF5N2O. The average Bonchev–Trinajstić information content (AvgIpc) is 2.89. The summed E-state index contributed by atoms with van der Waals surface area (Å²) >= 11 is 6.19. The van der Waals surface area contributed by atoms with Gasteiger partial charge in [0.1, 0.15) is 0 Å². The molecule has 2 aromatic carbocycles. The van der Waals surface area contributed by atoms with Crippen molar-refractivity contribution in [3.05, 3.63) is 64.2 Å². The molecule has 1 heterocycles. The van der Waals surface area contributed by atoms with Crippen molar-refractivity contribution in [2.75, 3.05) is 25.0 Å². The number of carbonyl (C=O) groups excluding carboxylic acids is 1. The first-order chi connectivity index (χ1) is 13.6. The van der Waals surface area contributed by atoms with E-state index >= 15 is 0 Å². The number of benzene rings is 2. The van der Waals surface area contributed by atoms with Gasteiger partial charge in [0.15, 0.2) is 0 Å². The van der Waals surface area contributed by atoms with Crippen LogP contribution < -0.4 is 5.32 Å². The summed E-state index contributed by atoms with van der Waals surface area (Å²) in [5.74, 6) is -5.07. The molecule has 3 rings (SSSR count). The number of alkyl halides is 5. The molecule has 3 nitrogen and oxygen atoms in total. The lowest BCUT2D eigenvalue weighted by atomic mass is 10.0. The SMILES string of the molecule is O=C(N1CCc2ccc(Cl)c(NCC(F)(F)c3ccccc3)c2CC1)C(F)(F)F. The van der Waals surface area contributed by atoms with Crippen molar-refractivity contribution in [2.45, 2.75) is 24.9 Å². The Hall–Kier alpha value is -2.35. The molecule has 0 fully saturated rings. The van der Waals surface area contributed by atoms with Gasteiger partial charge in [-0.2, -0.15) is 22.0 Å².